The maximum atomic E-state index is 12.3. The molecule has 4 aliphatic rings. The van der Waals surface area contributed by atoms with Gasteiger partial charge in [-0.15, -0.1) is 0 Å². The largest absolute Gasteiger partial charge is 0.394 e. The van der Waals surface area contributed by atoms with E-state index in [9.17, 15) is 49.8 Å². The highest BCUT2D eigenvalue weighted by molar-refractivity contribution is 8.00. The van der Waals surface area contributed by atoms with Gasteiger partial charge >= 0.3 is 6.03 Å². The minimum Gasteiger partial charge on any atom is -0.394 e. The van der Waals surface area contributed by atoms with Gasteiger partial charge in [0.05, 0.1) is 25.3 Å². The van der Waals surface area contributed by atoms with Gasteiger partial charge in [0.15, 0.2) is 12.6 Å². The van der Waals surface area contributed by atoms with Crippen LogP contribution in [0.5, 0.6) is 0 Å². The van der Waals surface area contributed by atoms with E-state index in [-0.39, 0.29) is 43.0 Å². The average molecular weight is 766 g/mol. The average Bonchev–Trinajstić information content (AvgIpc) is 3.67. The molecule has 13 atom stereocenters. The number of aliphatic hydroxyl groups excluding tert-OH is 6. The van der Waals surface area contributed by atoms with E-state index in [4.69, 9.17) is 18.9 Å². The van der Waals surface area contributed by atoms with Crippen LogP contribution < -0.4 is 26.6 Å². The minimum absolute atomic E-state index is 0.0729. The number of aliphatic hydroxyl groups is 6. The Balaban J connectivity index is 1.10. The predicted octanol–water partition coefficient (Wildman–Crippen LogP) is -3.71. The first-order chi connectivity index (χ1) is 24.9. The first kappa shape index (κ1) is 42.4. The van der Waals surface area contributed by atoms with E-state index in [1.807, 2.05) is 11.8 Å². The highest BCUT2D eigenvalue weighted by Crippen LogP contribution is 2.33. The highest BCUT2D eigenvalue weighted by atomic mass is 32.2. The van der Waals surface area contributed by atoms with Crippen LogP contribution >= 0.6 is 11.8 Å². The Labute approximate surface area is 306 Å². The molecule has 0 unspecified atom stereocenters. The van der Waals surface area contributed by atoms with E-state index in [0.29, 0.717) is 44.0 Å². The van der Waals surface area contributed by atoms with E-state index in [1.54, 1.807) is 0 Å². The summed E-state index contributed by atoms with van der Waals surface area (Å²) in [5, 5.41) is 75.4. The second kappa shape index (κ2) is 20.9. The molecule has 0 aromatic heterocycles. The Morgan fingerprint density at radius 2 is 1.46 bits per heavy atom. The molecule has 0 saturated carbocycles. The maximum Gasteiger partial charge on any atom is 0.315 e. The Kier molecular flexibility index (Phi) is 17.0. The van der Waals surface area contributed by atoms with Gasteiger partial charge in [-0.05, 0) is 25.7 Å². The van der Waals surface area contributed by atoms with Crippen LogP contribution in [0.1, 0.15) is 58.3 Å². The minimum atomic E-state index is -1.78. The summed E-state index contributed by atoms with van der Waals surface area (Å²) in [6, 6.07) is -0.918. The summed E-state index contributed by atoms with van der Waals surface area (Å²) in [6.07, 6.45) is -8.54. The standard InChI is InChI=1S/C32H55N5O14S/c1-16(40)35-24-29(51-31-28(46)27(45)25(43)18(13-38)50-31)26(44)19(14-39)49-30(24)48-12-6-2-3-8-21(41)33-10-11-34-22(42)9-5-4-7-20-23-17(15-52-20)36-32(47)37-23/h17-20,23-31,38-39,43-46H,2-15H2,1H3,(H,33,41)(H,34,42)(H,35,40)(H2,36,37,47)/t17-,18-,19+,20-,23-,24+,25+,26-,27+,28-,29+,30+,31-/m0/s1. The summed E-state index contributed by atoms with van der Waals surface area (Å²) in [4.78, 5) is 48.0. The first-order valence-electron chi connectivity index (χ1n) is 17.9. The number of carbonyl (C=O) groups excluding carboxylic acids is 4. The molecule has 4 aliphatic heterocycles. The van der Waals surface area contributed by atoms with Gasteiger partial charge in [0.25, 0.3) is 0 Å². The molecule has 20 heteroatoms. The second-order valence-electron chi connectivity index (χ2n) is 13.5. The number of fused-ring (bicyclic) bond motifs is 1. The molecule has 4 fully saturated rings. The molecule has 0 spiro atoms. The molecule has 4 rings (SSSR count). The summed E-state index contributed by atoms with van der Waals surface area (Å²) in [5.74, 6) is 0.141. The third-order valence-electron chi connectivity index (χ3n) is 9.54. The van der Waals surface area contributed by atoms with Gasteiger partial charge in [0, 0.05) is 50.5 Å². The summed E-state index contributed by atoms with van der Waals surface area (Å²) in [7, 11) is 0. The molecule has 52 heavy (non-hydrogen) atoms. The van der Waals surface area contributed by atoms with Gasteiger partial charge in [0.2, 0.25) is 17.7 Å². The van der Waals surface area contributed by atoms with Gasteiger partial charge in [-0.2, -0.15) is 11.8 Å². The Hall–Kier alpha value is -2.37. The highest BCUT2D eigenvalue weighted by Gasteiger charge is 2.51. The first-order valence-corrected chi connectivity index (χ1v) is 19.0. The number of carbonyl (C=O) groups is 4. The molecule has 0 bridgehead atoms. The second-order valence-corrected chi connectivity index (χ2v) is 14.8. The van der Waals surface area contributed by atoms with Crippen molar-refractivity contribution < 1.29 is 68.8 Å². The summed E-state index contributed by atoms with van der Waals surface area (Å²) >= 11 is 1.85. The summed E-state index contributed by atoms with van der Waals surface area (Å²) in [6.45, 7) is 0.601. The number of unbranched alkanes of at least 4 members (excludes halogenated alkanes) is 3. The van der Waals surface area contributed by atoms with E-state index < -0.39 is 80.5 Å². The number of urea groups is 1. The molecule has 0 aliphatic carbocycles. The molecule has 0 aromatic carbocycles. The normalized spacial score (nSPS) is 35.7. The fourth-order valence-corrected chi connectivity index (χ4v) is 8.26. The van der Waals surface area contributed by atoms with Gasteiger partial charge in [-0.25, -0.2) is 4.79 Å². The van der Waals surface area contributed by atoms with Crippen molar-refractivity contribution in [3.63, 3.8) is 0 Å². The maximum absolute atomic E-state index is 12.3. The van der Waals surface area contributed by atoms with Crippen LogP contribution in [0.25, 0.3) is 0 Å². The van der Waals surface area contributed by atoms with Gasteiger partial charge in [0.1, 0.15) is 48.8 Å². The quantitative estimate of drug-likeness (QED) is 0.0420. The molecule has 11 N–H and O–H groups in total. The lowest BCUT2D eigenvalue weighted by Gasteiger charge is -2.47. The number of thioether (sulfide) groups is 1. The van der Waals surface area contributed by atoms with Crippen molar-refractivity contribution in [2.24, 2.45) is 0 Å². The molecule has 4 heterocycles. The summed E-state index contributed by atoms with van der Waals surface area (Å²) < 4.78 is 22.8. The van der Waals surface area contributed by atoms with Crippen LogP contribution in [-0.2, 0) is 33.3 Å². The van der Waals surface area contributed by atoms with Crippen molar-refractivity contribution >= 4 is 35.5 Å². The van der Waals surface area contributed by atoms with Crippen molar-refractivity contribution in [3.05, 3.63) is 0 Å². The van der Waals surface area contributed by atoms with Gasteiger partial charge in [-0.1, -0.05) is 12.8 Å². The van der Waals surface area contributed by atoms with Crippen LogP contribution in [0.15, 0.2) is 0 Å². The third-order valence-corrected chi connectivity index (χ3v) is 11.1. The number of nitrogens with one attached hydrogen (secondary N) is 5. The monoisotopic (exact) mass is 765 g/mol. The molecular formula is C32H55N5O14S. The van der Waals surface area contributed by atoms with Crippen LogP contribution in [0, 0.1) is 0 Å². The van der Waals surface area contributed by atoms with Crippen molar-refractivity contribution in [1.82, 2.24) is 26.6 Å². The number of hydrogen-bond acceptors (Lipinski definition) is 15. The zero-order valence-corrected chi connectivity index (χ0v) is 30.1. The Morgan fingerprint density at radius 3 is 2.12 bits per heavy atom. The van der Waals surface area contributed by atoms with Crippen molar-refractivity contribution in [3.8, 4) is 0 Å². The van der Waals surface area contributed by atoms with E-state index in [1.165, 1.54) is 6.92 Å². The molecule has 0 aromatic rings. The molecule has 19 nitrogen and oxygen atoms in total. The molecule has 0 radical (unpaired) electrons. The lowest BCUT2D eigenvalue weighted by atomic mass is 9.95. The van der Waals surface area contributed by atoms with Gasteiger partial charge in [-0.3, -0.25) is 14.4 Å². The predicted molar refractivity (Wildman–Crippen MR) is 182 cm³/mol. The number of hydrogen-bond donors (Lipinski definition) is 11. The fourth-order valence-electron chi connectivity index (χ4n) is 6.71. The van der Waals surface area contributed by atoms with Crippen LogP contribution in [-0.4, -0.2) is 172 Å². The molecular weight excluding hydrogens is 710 g/mol. The van der Waals surface area contributed by atoms with Crippen molar-refractivity contribution in [2.75, 3.05) is 38.7 Å². The van der Waals surface area contributed by atoms with Crippen LogP contribution in [0.4, 0.5) is 4.79 Å². The fraction of sp³-hybridized carbons (Fsp3) is 0.875. The zero-order chi connectivity index (χ0) is 37.8. The molecule has 5 amide bonds. The topological polar surface area (TPSA) is 287 Å². The van der Waals surface area contributed by atoms with Crippen LogP contribution in [0.3, 0.4) is 0 Å². The number of ether oxygens (including phenoxy) is 4. The smallest absolute Gasteiger partial charge is 0.315 e. The Morgan fingerprint density at radius 1 is 0.827 bits per heavy atom. The van der Waals surface area contributed by atoms with Crippen LogP contribution in [0.2, 0.25) is 0 Å². The van der Waals surface area contributed by atoms with E-state index in [0.717, 1.165) is 25.0 Å². The van der Waals surface area contributed by atoms with E-state index in [2.05, 4.69) is 26.6 Å². The lowest BCUT2D eigenvalue weighted by molar-refractivity contribution is -0.344. The third kappa shape index (κ3) is 11.8. The summed E-state index contributed by atoms with van der Waals surface area (Å²) in [5.41, 5.74) is 0. The molecule has 4 saturated heterocycles. The van der Waals surface area contributed by atoms with E-state index >= 15 is 0 Å². The SMILES string of the molecule is CC(=O)N[C@H]1[C@H](OCCCCCC(=O)NCCNC(=O)CCCC[C@@H]2SC[C@@H]3NC(=O)N[C@@H]32)O[C@H](CO)[C@H](O)[C@@H]1O[C@@H]1O[C@@H](CO)[C@@H](O)[C@@H](O)[C@@H]1O. The lowest BCUT2D eigenvalue weighted by Crippen LogP contribution is -2.68. The number of rotatable bonds is 20. The van der Waals surface area contributed by atoms with Crippen molar-refractivity contribution in [1.29, 1.82) is 0 Å². The number of amides is 5. The zero-order valence-electron chi connectivity index (χ0n) is 29.3. The molecule has 298 valence electrons. The van der Waals surface area contributed by atoms with Gasteiger partial charge < -0.3 is 76.2 Å². The Bertz CT molecular complexity index is 1170. The van der Waals surface area contributed by atoms with Crippen molar-refractivity contribution in [2.45, 2.75) is 137 Å².